The predicted molar refractivity (Wildman–Crippen MR) is 83.1 cm³/mol. The Balaban J connectivity index is 2.22. The van der Waals surface area contributed by atoms with Gasteiger partial charge in [-0.2, -0.15) is 0 Å². The van der Waals surface area contributed by atoms with Crippen LogP contribution in [0, 0.1) is 0 Å². The number of para-hydroxylation sites is 1. The highest BCUT2D eigenvalue weighted by Gasteiger charge is 2.16. The van der Waals surface area contributed by atoms with Crippen LogP contribution in [0.5, 0.6) is 5.75 Å². The zero-order valence-corrected chi connectivity index (χ0v) is 12.2. The van der Waals surface area contributed by atoms with Gasteiger partial charge in [-0.1, -0.05) is 18.2 Å². The Kier molecular flexibility index (Phi) is 3.21. The van der Waals surface area contributed by atoms with Crippen molar-refractivity contribution in [2.45, 2.75) is 0 Å². The number of fused-ring (bicyclic) bond motifs is 3. The molecule has 112 valence electrons. The second kappa shape index (κ2) is 5.07. The lowest BCUT2D eigenvalue weighted by atomic mass is 10.1. The maximum absolute atomic E-state index is 11.8. The van der Waals surface area contributed by atoms with Crippen LogP contribution in [-0.4, -0.2) is 35.4 Å². The molecule has 0 saturated carbocycles. The van der Waals surface area contributed by atoms with E-state index in [2.05, 4.69) is 0 Å². The average Bonchev–Trinajstić information content (AvgIpc) is 2.81. The maximum Gasteiger partial charge on any atom is 0.414 e. The lowest BCUT2D eigenvalue weighted by Gasteiger charge is -2.11. The number of nitrogens with zero attached hydrogens (tertiary/aromatic N) is 2. The maximum atomic E-state index is 11.8. The Hall–Kier alpha value is -3.02. The van der Waals surface area contributed by atoms with Crippen LogP contribution in [0.4, 0.5) is 4.79 Å². The molecule has 3 rings (SSSR count). The van der Waals surface area contributed by atoms with Gasteiger partial charge < -0.3 is 19.8 Å². The van der Waals surface area contributed by atoms with E-state index in [1.165, 1.54) is 4.90 Å². The lowest BCUT2D eigenvalue weighted by molar-refractivity contribution is 0.100. The number of hydrogen-bond acceptors (Lipinski definition) is 3. The third-order valence-electron chi connectivity index (χ3n) is 3.43. The van der Waals surface area contributed by atoms with Crippen LogP contribution in [0.15, 0.2) is 42.6 Å². The molecule has 2 aromatic heterocycles. The van der Waals surface area contributed by atoms with E-state index >= 15 is 0 Å². The molecule has 2 heterocycles. The molecule has 6 heteroatoms. The van der Waals surface area contributed by atoms with Crippen LogP contribution < -0.4 is 10.5 Å². The van der Waals surface area contributed by atoms with Crippen molar-refractivity contribution in [1.82, 2.24) is 9.30 Å². The molecule has 6 nitrogen and oxygen atoms in total. The number of nitrogens with two attached hydrogens (primary N) is 1. The van der Waals surface area contributed by atoms with Gasteiger partial charge in [0.1, 0.15) is 5.75 Å². The number of aromatic nitrogens is 1. The summed E-state index contributed by atoms with van der Waals surface area (Å²) in [5.74, 6) is -0.0975. The SMILES string of the molecule is CN(C)C(=O)Oc1ccc2c(C(N)=O)c3ccccc3n2c1. The number of pyridine rings is 1. The Labute approximate surface area is 126 Å². The number of rotatable bonds is 2. The molecular formula is C16H15N3O3. The van der Waals surface area contributed by atoms with Crippen LogP contribution in [0.3, 0.4) is 0 Å². The van der Waals surface area contributed by atoms with Crippen LogP contribution >= 0.6 is 0 Å². The number of primary amides is 1. The molecule has 0 radical (unpaired) electrons. The predicted octanol–water partition coefficient (Wildman–Crippen LogP) is 2.25. The zero-order chi connectivity index (χ0) is 15.9. The van der Waals surface area contributed by atoms with Crippen molar-refractivity contribution in [2.24, 2.45) is 5.73 Å². The average molecular weight is 297 g/mol. The van der Waals surface area contributed by atoms with Gasteiger partial charge in [-0.25, -0.2) is 4.79 Å². The summed E-state index contributed by atoms with van der Waals surface area (Å²) in [6.07, 6.45) is 1.21. The molecule has 0 unspecified atom stereocenters. The van der Waals surface area contributed by atoms with Gasteiger partial charge >= 0.3 is 6.09 Å². The van der Waals surface area contributed by atoms with Gasteiger partial charge in [-0.3, -0.25) is 4.79 Å². The second-order valence-electron chi connectivity index (χ2n) is 5.14. The molecule has 1 aromatic carbocycles. The molecule has 0 saturated heterocycles. The minimum Gasteiger partial charge on any atom is -0.409 e. The Morgan fingerprint density at radius 2 is 1.82 bits per heavy atom. The topological polar surface area (TPSA) is 77.0 Å². The van der Waals surface area contributed by atoms with E-state index in [9.17, 15) is 9.59 Å². The van der Waals surface area contributed by atoms with E-state index in [4.69, 9.17) is 10.5 Å². The van der Waals surface area contributed by atoms with Crippen molar-refractivity contribution >= 4 is 28.4 Å². The highest BCUT2D eigenvalue weighted by atomic mass is 16.6. The van der Waals surface area contributed by atoms with E-state index in [1.807, 2.05) is 24.3 Å². The van der Waals surface area contributed by atoms with Gasteiger partial charge in [-0.15, -0.1) is 0 Å². The molecule has 0 spiro atoms. The van der Waals surface area contributed by atoms with E-state index in [-0.39, 0.29) is 0 Å². The summed E-state index contributed by atoms with van der Waals surface area (Å²) in [6, 6.07) is 10.8. The fourth-order valence-corrected chi connectivity index (χ4v) is 2.43. The normalized spacial score (nSPS) is 10.8. The summed E-state index contributed by atoms with van der Waals surface area (Å²) in [7, 11) is 3.22. The first-order valence-corrected chi connectivity index (χ1v) is 6.71. The van der Waals surface area contributed by atoms with Crippen molar-refractivity contribution in [3.05, 3.63) is 48.2 Å². The van der Waals surface area contributed by atoms with Gasteiger partial charge in [0.2, 0.25) is 0 Å². The first kappa shape index (κ1) is 13.9. The molecule has 0 fully saturated rings. The number of amides is 2. The number of benzene rings is 1. The van der Waals surface area contributed by atoms with Gasteiger partial charge in [0.05, 0.1) is 22.8 Å². The van der Waals surface area contributed by atoms with E-state index < -0.39 is 12.0 Å². The van der Waals surface area contributed by atoms with Crippen molar-refractivity contribution in [1.29, 1.82) is 0 Å². The van der Waals surface area contributed by atoms with Gasteiger partial charge in [0.25, 0.3) is 5.91 Å². The summed E-state index contributed by atoms with van der Waals surface area (Å²) < 4.78 is 7.05. The summed E-state index contributed by atoms with van der Waals surface area (Å²) in [6.45, 7) is 0. The number of carbonyl (C=O) groups is 2. The minimum atomic E-state index is -0.489. The fourth-order valence-electron chi connectivity index (χ4n) is 2.43. The molecule has 3 aromatic rings. The number of carbonyl (C=O) groups excluding carboxylic acids is 2. The van der Waals surface area contributed by atoms with E-state index in [0.717, 1.165) is 10.9 Å². The largest absolute Gasteiger partial charge is 0.414 e. The third-order valence-corrected chi connectivity index (χ3v) is 3.43. The van der Waals surface area contributed by atoms with Crippen LogP contribution in [0.25, 0.3) is 16.4 Å². The van der Waals surface area contributed by atoms with Crippen molar-refractivity contribution in [2.75, 3.05) is 14.1 Å². The zero-order valence-electron chi connectivity index (χ0n) is 12.2. The minimum absolute atomic E-state index is 0.392. The first-order chi connectivity index (χ1) is 10.5. The quantitative estimate of drug-likeness (QED) is 0.788. The molecule has 0 bridgehead atoms. The molecule has 2 N–H and O–H groups in total. The van der Waals surface area contributed by atoms with Crippen molar-refractivity contribution in [3.8, 4) is 5.75 Å². The van der Waals surface area contributed by atoms with E-state index in [0.29, 0.717) is 16.8 Å². The Morgan fingerprint density at radius 1 is 1.09 bits per heavy atom. The Bertz CT molecular complexity index is 896. The number of ether oxygens (including phenoxy) is 1. The standard InChI is InChI=1S/C16H15N3O3/c1-18(2)16(21)22-10-7-8-13-14(15(17)20)11-5-3-4-6-12(11)19(13)9-10/h3-9H,1-2H3,(H2,17,20). The third kappa shape index (κ3) is 2.14. The molecule has 0 aliphatic rings. The lowest BCUT2D eigenvalue weighted by Crippen LogP contribution is -2.25. The van der Waals surface area contributed by atoms with Crippen LogP contribution in [0.2, 0.25) is 0 Å². The molecule has 2 amide bonds. The number of hydrogen-bond donors (Lipinski definition) is 1. The van der Waals surface area contributed by atoms with E-state index in [1.54, 1.807) is 36.8 Å². The van der Waals surface area contributed by atoms with Gasteiger partial charge in [0.15, 0.2) is 0 Å². The first-order valence-electron chi connectivity index (χ1n) is 6.71. The van der Waals surface area contributed by atoms with Crippen molar-refractivity contribution < 1.29 is 14.3 Å². The van der Waals surface area contributed by atoms with Gasteiger partial charge in [-0.05, 0) is 18.2 Å². The van der Waals surface area contributed by atoms with Gasteiger partial charge in [0, 0.05) is 19.5 Å². The monoisotopic (exact) mass is 297 g/mol. The summed E-state index contributed by atoms with van der Waals surface area (Å²) in [4.78, 5) is 24.7. The van der Waals surface area contributed by atoms with Crippen LogP contribution in [0.1, 0.15) is 10.4 Å². The molecular weight excluding hydrogens is 282 g/mol. The Morgan fingerprint density at radius 3 is 2.50 bits per heavy atom. The second-order valence-corrected chi connectivity index (χ2v) is 5.14. The van der Waals surface area contributed by atoms with Crippen LogP contribution in [-0.2, 0) is 0 Å². The summed E-state index contributed by atoms with van der Waals surface area (Å²) in [5.41, 5.74) is 7.47. The highest BCUT2D eigenvalue weighted by molar-refractivity contribution is 6.13. The molecule has 0 atom stereocenters. The highest BCUT2D eigenvalue weighted by Crippen LogP contribution is 2.28. The summed E-state index contributed by atoms with van der Waals surface area (Å²) >= 11 is 0. The van der Waals surface area contributed by atoms with Crippen molar-refractivity contribution in [3.63, 3.8) is 0 Å². The fraction of sp³-hybridized carbons (Fsp3) is 0.125. The summed E-state index contributed by atoms with van der Waals surface area (Å²) in [5, 5.41) is 0.770. The molecule has 0 aliphatic carbocycles. The molecule has 22 heavy (non-hydrogen) atoms. The molecule has 0 aliphatic heterocycles. The smallest absolute Gasteiger partial charge is 0.409 e.